The van der Waals surface area contributed by atoms with Crippen molar-refractivity contribution >= 4 is 12.6 Å². The van der Waals surface area contributed by atoms with Crippen molar-refractivity contribution in [3.8, 4) is 0 Å². The Morgan fingerprint density at radius 1 is 0.750 bits per heavy atom. The quantitative estimate of drug-likeness (QED) is 0.842. The van der Waals surface area contributed by atoms with Gasteiger partial charge in [0.1, 0.15) is 0 Å². The van der Waals surface area contributed by atoms with Crippen LogP contribution in [0.2, 0.25) is 0 Å². The third-order valence-corrected chi connectivity index (χ3v) is 4.80. The first-order chi connectivity index (χ1) is 9.70. The molecule has 1 aliphatic rings. The standard InChI is InChI=1S/C17H20N2S/c1-18-15(13-9-5-3-6-10-13)17(20)19(2)16(18)14-11-7-4-8-12-14/h3-12,15-17,20H,1-2H3. The first-order valence-electron chi connectivity index (χ1n) is 6.92. The van der Waals surface area contributed by atoms with Crippen LogP contribution < -0.4 is 0 Å². The monoisotopic (exact) mass is 284 g/mol. The molecule has 2 aromatic carbocycles. The maximum atomic E-state index is 4.85. The highest BCUT2D eigenvalue weighted by atomic mass is 32.1. The van der Waals surface area contributed by atoms with E-state index in [1.54, 1.807) is 0 Å². The van der Waals surface area contributed by atoms with Gasteiger partial charge in [0.25, 0.3) is 0 Å². The third-order valence-electron chi connectivity index (χ3n) is 4.15. The fourth-order valence-electron chi connectivity index (χ4n) is 3.17. The second-order valence-electron chi connectivity index (χ2n) is 5.38. The van der Waals surface area contributed by atoms with Gasteiger partial charge in [-0.25, -0.2) is 0 Å². The molecule has 0 saturated carbocycles. The molecule has 104 valence electrons. The van der Waals surface area contributed by atoms with Crippen LogP contribution in [-0.4, -0.2) is 29.3 Å². The number of thiol groups is 1. The molecule has 1 aliphatic heterocycles. The van der Waals surface area contributed by atoms with Gasteiger partial charge >= 0.3 is 0 Å². The molecule has 3 atom stereocenters. The number of likely N-dealkylation sites (N-methyl/N-ethyl adjacent to an activating group) is 2. The van der Waals surface area contributed by atoms with Gasteiger partial charge in [0.05, 0.1) is 17.6 Å². The van der Waals surface area contributed by atoms with Gasteiger partial charge in [-0.15, -0.1) is 0 Å². The van der Waals surface area contributed by atoms with Crippen molar-refractivity contribution in [1.29, 1.82) is 0 Å². The molecule has 0 aromatic heterocycles. The van der Waals surface area contributed by atoms with Crippen molar-refractivity contribution in [3.05, 3.63) is 71.8 Å². The minimum Gasteiger partial charge on any atom is -0.278 e. The fraction of sp³-hybridized carbons (Fsp3) is 0.294. The van der Waals surface area contributed by atoms with Gasteiger partial charge in [0.15, 0.2) is 0 Å². The van der Waals surface area contributed by atoms with Crippen LogP contribution in [0.25, 0.3) is 0 Å². The summed E-state index contributed by atoms with van der Waals surface area (Å²) in [5.74, 6) is 0. The lowest BCUT2D eigenvalue weighted by molar-refractivity contribution is 0.170. The first kappa shape index (κ1) is 13.7. The average Bonchev–Trinajstić information content (AvgIpc) is 2.71. The van der Waals surface area contributed by atoms with E-state index in [-0.39, 0.29) is 11.5 Å². The van der Waals surface area contributed by atoms with Crippen molar-refractivity contribution in [2.45, 2.75) is 17.6 Å². The summed E-state index contributed by atoms with van der Waals surface area (Å²) in [6.45, 7) is 0. The molecule has 2 aromatic rings. The number of hydrogen-bond acceptors (Lipinski definition) is 3. The van der Waals surface area contributed by atoms with Crippen LogP contribution >= 0.6 is 12.6 Å². The van der Waals surface area contributed by atoms with E-state index in [2.05, 4.69) is 84.6 Å². The minimum atomic E-state index is 0.188. The lowest BCUT2D eigenvalue weighted by atomic mass is 10.1. The second-order valence-corrected chi connectivity index (χ2v) is 5.91. The van der Waals surface area contributed by atoms with Crippen LogP contribution in [0.5, 0.6) is 0 Å². The highest BCUT2D eigenvalue weighted by molar-refractivity contribution is 7.80. The minimum absolute atomic E-state index is 0.188. The molecule has 3 heteroatoms. The van der Waals surface area contributed by atoms with Crippen LogP contribution in [0.3, 0.4) is 0 Å². The average molecular weight is 284 g/mol. The summed E-state index contributed by atoms with van der Waals surface area (Å²) < 4.78 is 0. The molecular formula is C17H20N2S. The van der Waals surface area contributed by atoms with Crippen molar-refractivity contribution in [1.82, 2.24) is 9.80 Å². The summed E-state index contributed by atoms with van der Waals surface area (Å²) in [4.78, 5) is 4.73. The molecule has 0 amide bonds. The van der Waals surface area contributed by atoms with Crippen molar-refractivity contribution in [3.63, 3.8) is 0 Å². The van der Waals surface area contributed by atoms with E-state index in [1.165, 1.54) is 11.1 Å². The lowest BCUT2D eigenvalue weighted by Crippen LogP contribution is -2.27. The highest BCUT2D eigenvalue weighted by Gasteiger charge is 2.42. The lowest BCUT2D eigenvalue weighted by Gasteiger charge is -2.27. The van der Waals surface area contributed by atoms with Gasteiger partial charge in [-0.3, -0.25) is 9.80 Å². The van der Waals surface area contributed by atoms with Crippen LogP contribution in [0.15, 0.2) is 60.7 Å². The van der Waals surface area contributed by atoms with Crippen LogP contribution in [0.4, 0.5) is 0 Å². The molecule has 0 bridgehead atoms. The van der Waals surface area contributed by atoms with Crippen molar-refractivity contribution in [2.75, 3.05) is 14.1 Å². The normalized spacial score (nSPS) is 27.9. The third kappa shape index (κ3) is 2.26. The second kappa shape index (κ2) is 5.60. The van der Waals surface area contributed by atoms with Crippen LogP contribution in [0.1, 0.15) is 23.3 Å². The van der Waals surface area contributed by atoms with E-state index >= 15 is 0 Å². The van der Waals surface area contributed by atoms with E-state index in [1.807, 2.05) is 0 Å². The smallest absolute Gasteiger partial charge is 0.0896 e. The number of nitrogens with zero attached hydrogens (tertiary/aromatic N) is 2. The molecule has 1 saturated heterocycles. The molecular weight excluding hydrogens is 264 g/mol. The Hall–Kier alpha value is -1.29. The Kier molecular flexibility index (Phi) is 3.83. The van der Waals surface area contributed by atoms with E-state index in [0.717, 1.165) is 0 Å². The van der Waals surface area contributed by atoms with Crippen molar-refractivity contribution in [2.24, 2.45) is 0 Å². The molecule has 1 fully saturated rings. The summed E-state index contributed by atoms with van der Waals surface area (Å²) in [5.41, 5.74) is 2.63. The van der Waals surface area contributed by atoms with E-state index in [0.29, 0.717) is 6.04 Å². The predicted molar refractivity (Wildman–Crippen MR) is 86.7 cm³/mol. The van der Waals surface area contributed by atoms with Gasteiger partial charge in [-0.05, 0) is 25.2 Å². The molecule has 1 heterocycles. The number of rotatable bonds is 2. The molecule has 0 radical (unpaired) electrons. The molecule has 3 unspecified atom stereocenters. The van der Waals surface area contributed by atoms with E-state index in [4.69, 9.17) is 12.6 Å². The number of benzene rings is 2. The maximum Gasteiger partial charge on any atom is 0.0896 e. The summed E-state index contributed by atoms with van der Waals surface area (Å²) >= 11 is 4.85. The molecule has 20 heavy (non-hydrogen) atoms. The topological polar surface area (TPSA) is 6.48 Å². The Balaban J connectivity index is 1.96. The van der Waals surface area contributed by atoms with Gasteiger partial charge in [0.2, 0.25) is 0 Å². The molecule has 0 aliphatic carbocycles. The molecule has 2 nitrogen and oxygen atoms in total. The zero-order chi connectivity index (χ0) is 14.1. The van der Waals surface area contributed by atoms with Crippen molar-refractivity contribution < 1.29 is 0 Å². The summed E-state index contributed by atoms with van der Waals surface area (Å²) in [6, 6.07) is 21.6. The maximum absolute atomic E-state index is 4.85. The zero-order valence-corrected chi connectivity index (χ0v) is 12.7. The Morgan fingerprint density at radius 3 is 1.80 bits per heavy atom. The Labute approximate surface area is 126 Å². The fourth-order valence-corrected chi connectivity index (χ4v) is 3.68. The predicted octanol–water partition coefficient (Wildman–Crippen LogP) is 3.56. The highest BCUT2D eigenvalue weighted by Crippen LogP contribution is 2.44. The number of hydrogen-bond donors (Lipinski definition) is 1. The molecule has 0 spiro atoms. The molecule has 3 rings (SSSR count). The van der Waals surface area contributed by atoms with Crippen LogP contribution in [-0.2, 0) is 0 Å². The van der Waals surface area contributed by atoms with Gasteiger partial charge < -0.3 is 0 Å². The summed E-state index contributed by atoms with van der Waals surface area (Å²) in [7, 11) is 4.33. The van der Waals surface area contributed by atoms with Gasteiger partial charge in [-0.1, -0.05) is 60.7 Å². The SMILES string of the molecule is CN1C(S)C(c2ccccc2)N(C)C1c1ccccc1. The zero-order valence-electron chi connectivity index (χ0n) is 11.8. The summed E-state index contributed by atoms with van der Waals surface area (Å²) in [6.07, 6.45) is 0.268. The Morgan fingerprint density at radius 2 is 1.25 bits per heavy atom. The van der Waals surface area contributed by atoms with E-state index in [9.17, 15) is 0 Å². The van der Waals surface area contributed by atoms with Gasteiger partial charge in [0, 0.05) is 0 Å². The van der Waals surface area contributed by atoms with Gasteiger partial charge in [-0.2, -0.15) is 12.6 Å². The first-order valence-corrected chi connectivity index (χ1v) is 7.43. The molecule has 0 N–H and O–H groups in total. The summed E-state index contributed by atoms with van der Waals surface area (Å²) in [5, 5.41) is 0.188. The van der Waals surface area contributed by atoms with Crippen LogP contribution in [0, 0.1) is 0 Å². The largest absolute Gasteiger partial charge is 0.278 e. The van der Waals surface area contributed by atoms with E-state index < -0.39 is 0 Å². The Bertz CT molecular complexity index is 506.